The van der Waals surface area contributed by atoms with E-state index in [2.05, 4.69) is 9.97 Å². The molecule has 6 heteroatoms. The lowest BCUT2D eigenvalue weighted by atomic mass is 10.3. The van der Waals surface area contributed by atoms with Crippen LogP contribution in [0.25, 0.3) is 0 Å². The molecule has 1 aromatic rings. The van der Waals surface area contributed by atoms with Crippen LogP contribution in [0.3, 0.4) is 0 Å². The second kappa shape index (κ2) is 4.67. The number of hydrogen-bond donors (Lipinski definition) is 2. The van der Waals surface area contributed by atoms with E-state index in [-0.39, 0.29) is 5.95 Å². The Hall–Kier alpha value is -1.01. The van der Waals surface area contributed by atoms with Crippen LogP contribution in [0.5, 0.6) is 0 Å². The van der Waals surface area contributed by atoms with Crippen LogP contribution in [-0.4, -0.2) is 28.4 Å². The van der Waals surface area contributed by atoms with Crippen molar-refractivity contribution in [3.05, 3.63) is 6.07 Å². The maximum atomic E-state index is 5.57. The fourth-order valence-electron chi connectivity index (χ4n) is 1.49. The molecule has 1 saturated heterocycles. The highest BCUT2D eigenvalue weighted by molar-refractivity contribution is 7.99. The molecule has 0 saturated carbocycles. The number of hydrogen-bond acceptors (Lipinski definition) is 6. The third-order valence-corrected chi connectivity index (χ3v) is 3.22. The van der Waals surface area contributed by atoms with Gasteiger partial charge in [-0.1, -0.05) is 0 Å². The van der Waals surface area contributed by atoms with Gasteiger partial charge >= 0.3 is 0 Å². The zero-order valence-electron chi connectivity index (χ0n) is 8.35. The summed E-state index contributed by atoms with van der Waals surface area (Å²) < 4.78 is 5.51. The summed E-state index contributed by atoms with van der Waals surface area (Å²) in [4.78, 5) is 7.90. The molecule has 0 aliphatic carbocycles. The third kappa shape index (κ3) is 2.97. The largest absolute Gasteiger partial charge is 0.383 e. The number of rotatable bonds is 3. The number of thioether (sulfide) groups is 1. The lowest BCUT2D eigenvalue weighted by molar-refractivity contribution is 0.129. The van der Waals surface area contributed by atoms with Crippen LogP contribution in [0.2, 0.25) is 0 Å². The standard InChI is InChI=1S/C9H14N4OS/c10-7-4-8(13-9(11)12-7)15-5-6-2-1-3-14-6/h4,6H,1-3,5H2,(H4,10,11,12,13). The first-order chi connectivity index (χ1) is 7.24. The Morgan fingerprint density at radius 2 is 2.33 bits per heavy atom. The van der Waals surface area contributed by atoms with Gasteiger partial charge in [0, 0.05) is 18.4 Å². The smallest absolute Gasteiger partial charge is 0.223 e. The Bertz CT molecular complexity index is 321. The molecule has 1 aliphatic rings. The van der Waals surface area contributed by atoms with Gasteiger partial charge in [-0.15, -0.1) is 11.8 Å². The molecule has 1 aliphatic heterocycles. The highest BCUT2D eigenvalue weighted by Gasteiger charge is 2.15. The molecule has 1 fully saturated rings. The Labute approximate surface area is 92.6 Å². The average Bonchev–Trinajstić information content (AvgIpc) is 2.65. The van der Waals surface area contributed by atoms with Gasteiger partial charge in [0.25, 0.3) is 0 Å². The molecule has 2 rings (SSSR count). The lowest BCUT2D eigenvalue weighted by Crippen LogP contribution is -2.08. The Balaban J connectivity index is 1.92. The summed E-state index contributed by atoms with van der Waals surface area (Å²) in [7, 11) is 0. The van der Waals surface area contributed by atoms with Crippen molar-refractivity contribution >= 4 is 23.5 Å². The van der Waals surface area contributed by atoms with Gasteiger partial charge in [-0.05, 0) is 12.8 Å². The molecule has 15 heavy (non-hydrogen) atoms. The quantitative estimate of drug-likeness (QED) is 0.588. The predicted molar refractivity (Wildman–Crippen MR) is 60.6 cm³/mol. The van der Waals surface area contributed by atoms with Crippen molar-refractivity contribution in [3.63, 3.8) is 0 Å². The van der Waals surface area contributed by atoms with Crippen molar-refractivity contribution in [3.8, 4) is 0 Å². The van der Waals surface area contributed by atoms with Crippen molar-refractivity contribution < 1.29 is 4.74 Å². The van der Waals surface area contributed by atoms with E-state index in [0.717, 1.165) is 30.2 Å². The summed E-state index contributed by atoms with van der Waals surface area (Å²) in [6.45, 7) is 0.874. The van der Waals surface area contributed by atoms with Crippen LogP contribution in [0.1, 0.15) is 12.8 Å². The molecule has 0 amide bonds. The first-order valence-corrected chi connectivity index (χ1v) is 5.87. The minimum absolute atomic E-state index is 0.227. The predicted octanol–water partition coefficient (Wildman–Crippen LogP) is 0.912. The van der Waals surface area contributed by atoms with E-state index in [1.54, 1.807) is 17.8 Å². The Morgan fingerprint density at radius 3 is 3.00 bits per heavy atom. The molecule has 2 heterocycles. The third-order valence-electron chi connectivity index (χ3n) is 2.18. The molecule has 4 N–H and O–H groups in total. The van der Waals surface area contributed by atoms with E-state index in [1.807, 2.05) is 0 Å². The molecular formula is C9H14N4OS. The summed E-state index contributed by atoms with van der Waals surface area (Å²) in [5, 5.41) is 0.815. The molecule has 1 unspecified atom stereocenters. The van der Waals surface area contributed by atoms with Crippen LogP contribution in [0.15, 0.2) is 11.1 Å². The van der Waals surface area contributed by atoms with Crippen LogP contribution in [-0.2, 0) is 4.74 Å². The minimum atomic E-state index is 0.227. The molecule has 1 atom stereocenters. The number of aromatic nitrogens is 2. The summed E-state index contributed by atoms with van der Waals surface area (Å²) in [5.74, 6) is 1.54. The Kier molecular flexibility index (Phi) is 3.27. The average molecular weight is 226 g/mol. The van der Waals surface area contributed by atoms with Gasteiger partial charge in [0.2, 0.25) is 5.95 Å². The fraction of sp³-hybridized carbons (Fsp3) is 0.556. The summed E-state index contributed by atoms with van der Waals surface area (Å²) >= 11 is 1.61. The summed E-state index contributed by atoms with van der Waals surface area (Å²) in [5.41, 5.74) is 11.1. The SMILES string of the molecule is Nc1cc(SCC2CCCO2)nc(N)n1. The van der Waals surface area contributed by atoms with Crippen LogP contribution in [0.4, 0.5) is 11.8 Å². The number of nitrogens with two attached hydrogens (primary N) is 2. The molecular weight excluding hydrogens is 212 g/mol. The molecule has 1 aromatic heterocycles. The van der Waals surface area contributed by atoms with Crippen molar-refractivity contribution in [2.24, 2.45) is 0 Å². The normalized spacial score (nSPS) is 20.7. The van der Waals surface area contributed by atoms with Gasteiger partial charge in [-0.25, -0.2) is 4.98 Å². The van der Waals surface area contributed by atoms with Gasteiger partial charge in [0.05, 0.1) is 6.10 Å². The highest BCUT2D eigenvalue weighted by Crippen LogP contribution is 2.23. The van der Waals surface area contributed by atoms with E-state index in [0.29, 0.717) is 11.9 Å². The summed E-state index contributed by atoms with van der Waals surface area (Å²) in [6, 6.07) is 1.73. The number of ether oxygens (including phenoxy) is 1. The zero-order valence-corrected chi connectivity index (χ0v) is 9.17. The maximum Gasteiger partial charge on any atom is 0.223 e. The number of anilines is 2. The fourth-order valence-corrected chi connectivity index (χ4v) is 2.47. The second-order valence-corrected chi connectivity index (χ2v) is 4.48. The monoisotopic (exact) mass is 226 g/mol. The van der Waals surface area contributed by atoms with Crippen LogP contribution < -0.4 is 11.5 Å². The molecule has 5 nitrogen and oxygen atoms in total. The van der Waals surface area contributed by atoms with E-state index in [1.165, 1.54) is 0 Å². The van der Waals surface area contributed by atoms with Crippen molar-refractivity contribution in [1.82, 2.24) is 9.97 Å². The summed E-state index contributed by atoms with van der Waals surface area (Å²) in [6.07, 6.45) is 2.62. The van der Waals surface area contributed by atoms with E-state index >= 15 is 0 Å². The second-order valence-electron chi connectivity index (χ2n) is 3.44. The van der Waals surface area contributed by atoms with E-state index in [4.69, 9.17) is 16.2 Å². The van der Waals surface area contributed by atoms with Gasteiger partial charge < -0.3 is 16.2 Å². The van der Waals surface area contributed by atoms with E-state index < -0.39 is 0 Å². The molecule has 0 aromatic carbocycles. The Morgan fingerprint density at radius 1 is 1.47 bits per heavy atom. The topological polar surface area (TPSA) is 87.0 Å². The van der Waals surface area contributed by atoms with Crippen LogP contribution in [0, 0.1) is 0 Å². The zero-order chi connectivity index (χ0) is 10.7. The van der Waals surface area contributed by atoms with Gasteiger partial charge in [-0.2, -0.15) is 4.98 Å². The highest BCUT2D eigenvalue weighted by atomic mass is 32.2. The molecule has 82 valence electrons. The van der Waals surface area contributed by atoms with Gasteiger partial charge in [0.15, 0.2) is 0 Å². The first kappa shape index (κ1) is 10.5. The number of nitrogen functional groups attached to an aromatic ring is 2. The van der Waals surface area contributed by atoms with Crippen molar-refractivity contribution in [2.75, 3.05) is 23.8 Å². The molecule has 0 spiro atoms. The first-order valence-electron chi connectivity index (χ1n) is 4.88. The number of nitrogens with zero attached hydrogens (tertiary/aromatic N) is 2. The van der Waals surface area contributed by atoms with Gasteiger partial charge in [0.1, 0.15) is 10.8 Å². The van der Waals surface area contributed by atoms with Crippen LogP contribution >= 0.6 is 11.8 Å². The molecule has 0 radical (unpaired) electrons. The maximum absolute atomic E-state index is 5.57. The molecule has 0 bridgehead atoms. The van der Waals surface area contributed by atoms with Gasteiger partial charge in [-0.3, -0.25) is 0 Å². The van der Waals surface area contributed by atoms with Crippen molar-refractivity contribution in [1.29, 1.82) is 0 Å². The lowest BCUT2D eigenvalue weighted by Gasteiger charge is -2.08. The van der Waals surface area contributed by atoms with Crippen molar-refractivity contribution in [2.45, 2.75) is 24.0 Å². The minimum Gasteiger partial charge on any atom is -0.383 e. The van der Waals surface area contributed by atoms with E-state index in [9.17, 15) is 0 Å².